The Balaban J connectivity index is 1.83. The topological polar surface area (TPSA) is 49.8 Å². The lowest BCUT2D eigenvalue weighted by atomic mass is 9.98. The molecule has 1 aliphatic heterocycles. The third-order valence-corrected chi connectivity index (χ3v) is 3.78. The Morgan fingerprint density at radius 2 is 1.85 bits per heavy atom. The first-order valence-electron chi connectivity index (χ1n) is 7.18. The van der Waals surface area contributed by atoms with E-state index >= 15 is 0 Å². The highest BCUT2D eigenvalue weighted by molar-refractivity contribution is 5.77. The van der Waals surface area contributed by atoms with Gasteiger partial charge in [0.15, 0.2) is 6.61 Å². The van der Waals surface area contributed by atoms with Crippen molar-refractivity contribution in [3.05, 3.63) is 29.3 Å². The average Bonchev–Trinajstić information content (AvgIpc) is 2.44. The lowest BCUT2D eigenvalue weighted by Gasteiger charge is -2.31. The molecule has 1 aromatic rings. The fourth-order valence-electron chi connectivity index (χ4n) is 2.62. The van der Waals surface area contributed by atoms with Gasteiger partial charge in [-0.15, -0.1) is 0 Å². The summed E-state index contributed by atoms with van der Waals surface area (Å²) in [5, 5.41) is 9.09. The van der Waals surface area contributed by atoms with Crippen molar-refractivity contribution in [1.29, 1.82) is 0 Å². The van der Waals surface area contributed by atoms with Crippen LogP contribution >= 0.6 is 0 Å². The summed E-state index contributed by atoms with van der Waals surface area (Å²) in [5.41, 5.74) is 2.27. The van der Waals surface area contributed by atoms with Gasteiger partial charge in [-0.3, -0.25) is 4.79 Å². The van der Waals surface area contributed by atoms with E-state index in [1.54, 1.807) is 0 Å². The molecule has 1 aromatic carbocycles. The Morgan fingerprint density at radius 3 is 2.40 bits per heavy atom. The van der Waals surface area contributed by atoms with Gasteiger partial charge in [0.05, 0.1) is 0 Å². The van der Waals surface area contributed by atoms with Crippen molar-refractivity contribution >= 4 is 5.91 Å². The molecule has 4 nitrogen and oxygen atoms in total. The standard InChI is InChI=1S/C16H23NO3/c1-12-7-13(2)9-15(8-12)20-11-16(19)17-5-3-14(10-18)4-6-17/h7-9,14,18H,3-6,10-11H2,1-2H3. The molecular formula is C16H23NO3. The molecule has 110 valence electrons. The van der Waals surface area contributed by atoms with Crippen molar-refractivity contribution in [1.82, 2.24) is 4.90 Å². The summed E-state index contributed by atoms with van der Waals surface area (Å²) in [5.74, 6) is 1.13. The number of aliphatic hydroxyl groups excluding tert-OH is 1. The molecule has 0 aliphatic carbocycles. The fraction of sp³-hybridized carbons (Fsp3) is 0.562. The number of amides is 1. The molecule has 0 spiro atoms. The second-order valence-corrected chi connectivity index (χ2v) is 5.62. The number of rotatable bonds is 4. The molecule has 0 atom stereocenters. The van der Waals surface area contributed by atoms with E-state index in [4.69, 9.17) is 9.84 Å². The number of piperidine rings is 1. The number of nitrogens with zero attached hydrogens (tertiary/aromatic N) is 1. The van der Waals surface area contributed by atoms with Crippen molar-refractivity contribution in [3.8, 4) is 5.75 Å². The van der Waals surface area contributed by atoms with Crippen molar-refractivity contribution in [2.45, 2.75) is 26.7 Å². The number of aliphatic hydroxyl groups is 1. The zero-order valence-electron chi connectivity index (χ0n) is 12.3. The maximum atomic E-state index is 12.1. The van der Waals surface area contributed by atoms with Gasteiger partial charge in [-0.2, -0.15) is 0 Å². The quantitative estimate of drug-likeness (QED) is 0.914. The maximum Gasteiger partial charge on any atom is 0.260 e. The highest BCUT2D eigenvalue weighted by atomic mass is 16.5. The summed E-state index contributed by atoms with van der Waals surface area (Å²) in [6, 6.07) is 5.96. The first kappa shape index (κ1) is 14.9. The minimum Gasteiger partial charge on any atom is -0.484 e. The molecule has 1 N–H and O–H groups in total. The molecule has 20 heavy (non-hydrogen) atoms. The number of aryl methyl sites for hydroxylation is 2. The Labute approximate surface area is 120 Å². The van der Waals surface area contributed by atoms with Crippen molar-refractivity contribution in [2.24, 2.45) is 5.92 Å². The van der Waals surface area contributed by atoms with Gasteiger partial charge in [-0.1, -0.05) is 6.07 Å². The van der Waals surface area contributed by atoms with Gasteiger partial charge in [-0.25, -0.2) is 0 Å². The second-order valence-electron chi connectivity index (χ2n) is 5.62. The van der Waals surface area contributed by atoms with Gasteiger partial charge in [0.2, 0.25) is 0 Å². The summed E-state index contributed by atoms with van der Waals surface area (Å²) < 4.78 is 5.60. The monoisotopic (exact) mass is 277 g/mol. The molecule has 1 amide bonds. The Hall–Kier alpha value is -1.55. The predicted octanol–water partition coefficient (Wildman–Crippen LogP) is 1.91. The molecule has 4 heteroatoms. The minimum absolute atomic E-state index is 0.0283. The molecule has 1 aliphatic rings. The van der Waals surface area contributed by atoms with E-state index in [1.807, 2.05) is 30.9 Å². The summed E-state index contributed by atoms with van der Waals surface area (Å²) in [6.07, 6.45) is 1.76. The number of likely N-dealkylation sites (tertiary alicyclic amines) is 1. The van der Waals surface area contributed by atoms with E-state index in [0.29, 0.717) is 5.92 Å². The van der Waals surface area contributed by atoms with E-state index < -0.39 is 0 Å². The summed E-state index contributed by atoms with van der Waals surface area (Å²) in [7, 11) is 0. The zero-order valence-corrected chi connectivity index (χ0v) is 12.3. The summed E-state index contributed by atoms with van der Waals surface area (Å²) in [4.78, 5) is 13.9. The summed E-state index contributed by atoms with van der Waals surface area (Å²) in [6.45, 7) is 5.79. The smallest absolute Gasteiger partial charge is 0.260 e. The van der Waals surface area contributed by atoms with Crippen molar-refractivity contribution in [3.63, 3.8) is 0 Å². The van der Waals surface area contributed by atoms with Crippen molar-refractivity contribution < 1.29 is 14.6 Å². The van der Waals surface area contributed by atoms with Crippen LogP contribution in [0.5, 0.6) is 5.75 Å². The van der Waals surface area contributed by atoms with Gasteiger partial charge in [0.25, 0.3) is 5.91 Å². The van der Waals surface area contributed by atoms with Crippen LogP contribution in [0.3, 0.4) is 0 Å². The molecule has 2 rings (SSSR count). The van der Waals surface area contributed by atoms with E-state index in [9.17, 15) is 4.79 Å². The van der Waals surface area contributed by atoms with Gasteiger partial charge in [0, 0.05) is 19.7 Å². The highest BCUT2D eigenvalue weighted by Crippen LogP contribution is 2.18. The van der Waals surface area contributed by atoms with Gasteiger partial charge in [-0.05, 0) is 55.9 Å². The van der Waals surface area contributed by atoms with E-state index in [0.717, 1.165) is 42.8 Å². The number of carbonyl (C=O) groups is 1. The van der Waals surface area contributed by atoms with Crippen LogP contribution in [0.1, 0.15) is 24.0 Å². The molecule has 0 aromatic heterocycles. The van der Waals surface area contributed by atoms with Crippen molar-refractivity contribution in [2.75, 3.05) is 26.3 Å². The normalized spacial score (nSPS) is 16.2. The Bertz CT molecular complexity index is 445. The first-order chi connectivity index (χ1) is 9.58. The van der Waals surface area contributed by atoms with Crippen LogP contribution in [0, 0.1) is 19.8 Å². The lowest BCUT2D eigenvalue weighted by molar-refractivity contribution is -0.134. The highest BCUT2D eigenvalue weighted by Gasteiger charge is 2.22. The van der Waals surface area contributed by atoms with Crippen LogP contribution < -0.4 is 4.74 Å². The average molecular weight is 277 g/mol. The number of benzene rings is 1. The number of hydrogen-bond donors (Lipinski definition) is 1. The summed E-state index contributed by atoms with van der Waals surface area (Å²) >= 11 is 0. The maximum absolute atomic E-state index is 12.1. The molecule has 0 unspecified atom stereocenters. The molecule has 1 heterocycles. The molecule has 0 radical (unpaired) electrons. The number of hydrogen-bond acceptors (Lipinski definition) is 3. The SMILES string of the molecule is Cc1cc(C)cc(OCC(=O)N2CCC(CO)CC2)c1. The number of ether oxygens (including phenoxy) is 1. The largest absolute Gasteiger partial charge is 0.484 e. The van der Waals surface area contributed by atoms with E-state index in [-0.39, 0.29) is 19.1 Å². The molecule has 0 bridgehead atoms. The molecule has 0 saturated carbocycles. The first-order valence-corrected chi connectivity index (χ1v) is 7.18. The minimum atomic E-state index is 0.0283. The molecule has 1 fully saturated rings. The molecular weight excluding hydrogens is 254 g/mol. The fourth-order valence-corrected chi connectivity index (χ4v) is 2.62. The third kappa shape index (κ3) is 3.97. The van der Waals surface area contributed by atoms with E-state index in [1.165, 1.54) is 0 Å². The lowest BCUT2D eigenvalue weighted by Crippen LogP contribution is -2.41. The van der Waals surface area contributed by atoms with E-state index in [2.05, 4.69) is 6.07 Å². The predicted molar refractivity (Wildman–Crippen MR) is 77.8 cm³/mol. The van der Waals surface area contributed by atoms with Crippen LogP contribution in [0.15, 0.2) is 18.2 Å². The Morgan fingerprint density at radius 1 is 1.25 bits per heavy atom. The van der Waals surface area contributed by atoms with Crippen LogP contribution in [0.2, 0.25) is 0 Å². The van der Waals surface area contributed by atoms with Crippen LogP contribution in [0.4, 0.5) is 0 Å². The Kier molecular flexibility index (Phi) is 5.01. The number of carbonyl (C=O) groups excluding carboxylic acids is 1. The van der Waals surface area contributed by atoms with Crippen LogP contribution in [-0.4, -0.2) is 42.2 Å². The van der Waals surface area contributed by atoms with Crippen LogP contribution in [0.25, 0.3) is 0 Å². The third-order valence-electron chi connectivity index (χ3n) is 3.78. The van der Waals surface area contributed by atoms with Gasteiger partial charge in [0.1, 0.15) is 5.75 Å². The molecule has 1 saturated heterocycles. The van der Waals surface area contributed by atoms with Gasteiger partial charge < -0.3 is 14.7 Å². The van der Waals surface area contributed by atoms with Gasteiger partial charge >= 0.3 is 0 Å². The zero-order chi connectivity index (χ0) is 14.5. The van der Waals surface area contributed by atoms with Crippen LogP contribution in [-0.2, 0) is 4.79 Å². The second kappa shape index (κ2) is 6.75.